The monoisotopic (exact) mass is 346 g/mol. The molecule has 4 aromatic rings. The van der Waals surface area contributed by atoms with Crippen molar-refractivity contribution in [3.8, 4) is 0 Å². The highest BCUT2D eigenvalue weighted by atomic mass is 15.3. The van der Waals surface area contributed by atoms with E-state index in [0.717, 1.165) is 65.6 Å². The minimum absolute atomic E-state index is 0.770. The van der Waals surface area contributed by atoms with Crippen molar-refractivity contribution in [2.75, 3.05) is 36.0 Å². The number of nitrogens with zero attached hydrogens (tertiary/aromatic N) is 7. The van der Waals surface area contributed by atoms with E-state index in [2.05, 4.69) is 34.7 Å². The summed E-state index contributed by atoms with van der Waals surface area (Å²) in [7, 11) is 0. The zero-order valence-corrected chi connectivity index (χ0v) is 14.4. The molecule has 1 saturated heterocycles. The van der Waals surface area contributed by atoms with E-state index in [1.165, 1.54) is 0 Å². The summed E-state index contributed by atoms with van der Waals surface area (Å²) in [5.41, 5.74) is 2.83. The Balaban J connectivity index is 1.44. The third-order valence-corrected chi connectivity index (χ3v) is 4.80. The quantitative estimate of drug-likeness (QED) is 0.593. The number of hydrogen-bond donors (Lipinski definition) is 1. The number of rotatable bonds is 2. The predicted octanol–water partition coefficient (Wildman–Crippen LogP) is 1.93. The molecule has 0 bridgehead atoms. The highest BCUT2D eigenvalue weighted by Crippen LogP contribution is 2.26. The molecule has 1 aliphatic heterocycles. The average molecular weight is 346 g/mol. The Morgan fingerprint density at radius 3 is 2.58 bits per heavy atom. The van der Waals surface area contributed by atoms with Crippen LogP contribution < -0.4 is 9.80 Å². The Bertz CT molecular complexity index is 1080. The molecule has 0 amide bonds. The average Bonchev–Trinajstić information content (AvgIpc) is 3.16. The van der Waals surface area contributed by atoms with Crippen molar-refractivity contribution in [3.05, 3.63) is 42.9 Å². The van der Waals surface area contributed by atoms with Gasteiger partial charge >= 0.3 is 0 Å². The van der Waals surface area contributed by atoms with E-state index in [0.29, 0.717) is 0 Å². The van der Waals surface area contributed by atoms with Gasteiger partial charge in [-0.1, -0.05) is 0 Å². The molecular formula is C18H18N8. The van der Waals surface area contributed by atoms with Crippen LogP contribution in [0.4, 0.5) is 11.6 Å². The van der Waals surface area contributed by atoms with E-state index in [1.807, 2.05) is 25.3 Å². The number of anilines is 2. The van der Waals surface area contributed by atoms with Gasteiger partial charge in [-0.25, -0.2) is 19.9 Å². The van der Waals surface area contributed by atoms with Gasteiger partial charge in [0.25, 0.3) is 0 Å². The molecule has 0 atom stereocenters. The van der Waals surface area contributed by atoms with Crippen molar-refractivity contribution in [1.29, 1.82) is 0 Å². The number of piperazine rings is 1. The molecule has 1 fully saturated rings. The Hall–Kier alpha value is -3.29. The molecule has 8 nitrogen and oxygen atoms in total. The molecule has 0 saturated carbocycles. The lowest BCUT2D eigenvalue weighted by Crippen LogP contribution is -2.47. The lowest BCUT2D eigenvalue weighted by molar-refractivity contribution is 0.643. The number of pyridine rings is 1. The molecule has 26 heavy (non-hydrogen) atoms. The molecule has 0 spiro atoms. The van der Waals surface area contributed by atoms with Gasteiger partial charge in [-0.2, -0.15) is 0 Å². The van der Waals surface area contributed by atoms with E-state index >= 15 is 0 Å². The maximum Gasteiger partial charge on any atom is 0.156 e. The summed E-state index contributed by atoms with van der Waals surface area (Å²) >= 11 is 0. The summed E-state index contributed by atoms with van der Waals surface area (Å²) in [6.07, 6.45) is 7.13. The van der Waals surface area contributed by atoms with Crippen LogP contribution in [0.15, 0.2) is 37.1 Å². The Morgan fingerprint density at radius 1 is 0.923 bits per heavy atom. The van der Waals surface area contributed by atoms with Gasteiger partial charge in [0.1, 0.15) is 23.5 Å². The summed E-state index contributed by atoms with van der Waals surface area (Å²) in [6.45, 7) is 5.43. The molecule has 0 aromatic carbocycles. The van der Waals surface area contributed by atoms with Gasteiger partial charge in [-0.05, 0) is 19.1 Å². The highest BCUT2D eigenvalue weighted by molar-refractivity contribution is 5.89. The van der Waals surface area contributed by atoms with Crippen LogP contribution in [-0.4, -0.2) is 56.1 Å². The van der Waals surface area contributed by atoms with Crippen LogP contribution >= 0.6 is 0 Å². The molecule has 1 aliphatic rings. The number of nitrogens with one attached hydrogen (secondary N) is 1. The smallest absolute Gasteiger partial charge is 0.156 e. The molecule has 0 unspecified atom stereocenters. The van der Waals surface area contributed by atoms with E-state index < -0.39 is 0 Å². The Morgan fingerprint density at radius 2 is 1.73 bits per heavy atom. The zero-order valence-electron chi connectivity index (χ0n) is 14.4. The lowest BCUT2D eigenvalue weighted by atomic mass is 10.2. The van der Waals surface area contributed by atoms with Crippen LogP contribution in [0.5, 0.6) is 0 Å². The second kappa shape index (κ2) is 5.91. The van der Waals surface area contributed by atoms with Crippen LogP contribution in [0, 0.1) is 6.92 Å². The summed E-state index contributed by atoms with van der Waals surface area (Å²) in [5.74, 6) is 2.72. The minimum atomic E-state index is 0.770. The van der Waals surface area contributed by atoms with Crippen LogP contribution in [0.2, 0.25) is 0 Å². The molecule has 1 N–H and O–H groups in total. The van der Waals surface area contributed by atoms with Crippen molar-refractivity contribution in [2.24, 2.45) is 0 Å². The number of fused-ring (bicyclic) bond motifs is 2. The fourth-order valence-electron chi connectivity index (χ4n) is 3.55. The van der Waals surface area contributed by atoms with Gasteiger partial charge in [-0.15, -0.1) is 0 Å². The first-order valence-electron chi connectivity index (χ1n) is 8.66. The molecule has 5 heterocycles. The largest absolute Gasteiger partial charge is 0.357 e. The standard InChI is InChI=1S/C18H18N8/c1-12-23-15-10-19-4-2-13(15)17(24-12)25-6-8-26(9-7-25)18-16-14(3-5-20-16)21-11-22-18/h2-5,10-11,20H,6-9H2,1H3. The molecule has 130 valence electrons. The summed E-state index contributed by atoms with van der Waals surface area (Å²) in [4.78, 5) is 30.0. The third-order valence-electron chi connectivity index (χ3n) is 4.80. The van der Waals surface area contributed by atoms with E-state index in [9.17, 15) is 0 Å². The normalized spacial score (nSPS) is 15.1. The SMILES string of the molecule is Cc1nc(N2CCN(c3ncnc4cc[nH]c34)CC2)c2ccncc2n1. The number of H-pyrrole nitrogens is 1. The van der Waals surface area contributed by atoms with Gasteiger partial charge in [-0.3, -0.25) is 4.98 Å². The summed E-state index contributed by atoms with van der Waals surface area (Å²) in [5, 5.41) is 1.05. The molecule has 0 aliphatic carbocycles. The van der Waals surface area contributed by atoms with Crippen LogP contribution in [0.3, 0.4) is 0 Å². The lowest BCUT2D eigenvalue weighted by Gasteiger charge is -2.36. The van der Waals surface area contributed by atoms with Crippen molar-refractivity contribution < 1.29 is 0 Å². The van der Waals surface area contributed by atoms with Gasteiger partial charge in [0.2, 0.25) is 0 Å². The highest BCUT2D eigenvalue weighted by Gasteiger charge is 2.23. The van der Waals surface area contributed by atoms with Gasteiger partial charge < -0.3 is 14.8 Å². The van der Waals surface area contributed by atoms with Crippen LogP contribution in [0.25, 0.3) is 21.9 Å². The number of aromatic amines is 1. The maximum atomic E-state index is 4.70. The Kier molecular flexibility index (Phi) is 3.41. The maximum absolute atomic E-state index is 4.70. The van der Waals surface area contributed by atoms with Gasteiger partial charge in [0, 0.05) is 44.0 Å². The fourth-order valence-corrected chi connectivity index (χ4v) is 3.55. The van der Waals surface area contributed by atoms with Crippen LogP contribution in [0.1, 0.15) is 5.82 Å². The van der Waals surface area contributed by atoms with Crippen molar-refractivity contribution in [2.45, 2.75) is 6.92 Å². The van der Waals surface area contributed by atoms with E-state index in [-0.39, 0.29) is 0 Å². The molecule has 0 radical (unpaired) electrons. The first-order chi connectivity index (χ1) is 12.8. The first-order valence-corrected chi connectivity index (χ1v) is 8.66. The van der Waals surface area contributed by atoms with E-state index in [1.54, 1.807) is 18.7 Å². The molecular weight excluding hydrogens is 328 g/mol. The topological polar surface area (TPSA) is 86.7 Å². The van der Waals surface area contributed by atoms with Gasteiger partial charge in [0.15, 0.2) is 5.82 Å². The van der Waals surface area contributed by atoms with Crippen molar-refractivity contribution in [1.82, 2.24) is 29.9 Å². The number of aromatic nitrogens is 6. The van der Waals surface area contributed by atoms with Crippen molar-refractivity contribution >= 4 is 33.6 Å². The summed E-state index contributed by atoms with van der Waals surface area (Å²) in [6, 6.07) is 3.96. The first kappa shape index (κ1) is 15.0. The molecule has 5 rings (SSSR count). The second-order valence-electron chi connectivity index (χ2n) is 6.40. The van der Waals surface area contributed by atoms with Crippen molar-refractivity contribution in [3.63, 3.8) is 0 Å². The van der Waals surface area contributed by atoms with Crippen LogP contribution in [-0.2, 0) is 0 Å². The predicted molar refractivity (Wildman–Crippen MR) is 100 cm³/mol. The van der Waals surface area contributed by atoms with E-state index in [4.69, 9.17) is 4.98 Å². The Labute approximate surface area is 149 Å². The zero-order chi connectivity index (χ0) is 17.5. The number of hydrogen-bond acceptors (Lipinski definition) is 7. The third kappa shape index (κ3) is 2.42. The second-order valence-corrected chi connectivity index (χ2v) is 6.40. The minimum Gasteiger partial charge on any atom is -0.357 e. The summed E-state index contributed by atoms with van der Waals surface area (Å²) < 4.78 is 0. The number of aryl methyl sites for hydroxylation is 1. The molecule has 8 heteroatoms. The fraction of sp³-hybridized carbons (Fsp3) is 0.278. The molecule has 4 aromatic heterocycles. The van der Waals surface area contributed by atoms with Gasteiger partial charge in [0.05, 0.1) is 17.2 Å².